The molecule has 0 bridgehead atoms. The summed E-state index contributed by atoms with van der Waals surface area (Å²) in [5.74, 6) is -2.46. The predicted octanol–water partition coefficient (Wildman–Crippen LogP) is 1.15. The van der Waals surface area contributed by atoms with E-state index in [4.69, 9.17) is 0 Å². The number of rotatable bonds is 4. The Morgan fingerprint density at radius 3 is 2.33 bits per heavy atom. The van der Waals surface area contributed by atoms with Gasteiger partial charge in [0.1, 0.15) is 0 Å². The number of esters is 1. The number of ketones is 1. The molecule has 1 unspecified atom stereocenters. The number of hydrogen-bond donors (Lipinski definition) is 0. The molecule has 0 amide bonds. The SMILES string of the molecule is CCOC(=O)C(Br)C(=O)C(F)F. The number of hydrogen-bond acceptors (Lipinski definition) is 3. The zero-order valence-corrected chi connectivity index (χ0v) is 7.81. The number of Topliss-reactive ketones (excluding diaryl/α,β-unsaturated/α-hetero) is 1. The van der Waals surface area contributed by atoms with Gasteiger partial charge in [-0.1, -0.05) is 15.9 Å². The van der Waals surface area contributed by atoms with Crippen LogP contribution in [0.5, 0.6) is 0 Å². The van der Waals surface area contributed by atoms with Gasteiger partial charge in [0.2, 0.25) is 5.78 Å². The lowest BCUT2D eigenvalue weighted by molar-refractivity contribution is -0.146. The summed E-state index contributed by atoms with van der Waals surface area (Å²) < 4.78 is 27.7. The predicted molar refractivity (Wildman–Crippen MR) is 40.4 cm³/mol. The molecule has 70 valence electrons. The van der Waals surface area contributed by atoms with Crippen molar-refractivity contribution in [3.63, 3.8) is 0 Å². The Balaban J connectivity index is 4.10. The van der Waals surface area contributed by atoms with Crippen LogP contribution >= 0.6 is 15.9 Å². The van der Waals surface area contributed by atoms with Crippen LogP contribution in [-0.4, -0.2) is 29.6 Å². The highest BCUT2D eigenvalue weighted by molar-refractivity contribution is 9.10. The van der Waals surface area contributed by atoms with Crippen molar-refractivity contribution >= 4 is 27.7 Å². The second-order valence-electron chi connectivity index (χ2n) is 1.82. The van der Waals surface area contributed by atoms with Gasteiger partial charge < -0.3 is 4.74 Å². The molecular formula is C6H7BrF2O3. The normalized spacial score (nSPS) is 12.8. The summed E-state index contributed by atoms with van der Waals surface area (Å²) in [7, 11) is 0. The molecule has 0 aliphatic carbocycles. The molecule has 0 saturated heterocycles. The quantitative estimate of drug-likeness (QED) is 0.424. The van der Waals surface area contributed by atoms with Gasteiger partial charge in [0.05, 0.1) is 6.61 Å². The maximum absolute atomic E-state index is 11.7. The minimum atomic E-state index is -3.15. The summed E-state index contributed by atoms with van der Waals surface area (Å²) in [6.45, 7) is 1.57. The molecule has 0 heterocycles. The molecule has 0 aliphatic heterocycles. The Morgan fingerprint density at radius 1 is 1.50 bits per heavy atom. The van der Waals surface area contributed by atoms with E-state index in [1.54, 1.807) is 0 Å². The molecule has 0 N–H and O–H groups in total. The molecule has 0 saturated carbocycles. The summed E-state index contributed by atoms with van der Waals surface area (Å²) in [6.07, 6.45) is -3.15. The van der Waals surface area contributed by atoms with Gasteiger partial charge in [-0.05, 0) is 6.92 Å². The average molecular weight is 245 g/mol. The molecule has 1 atom stereocenters. The third-order valence-corrected chi connectivity index (χ3v) is 1.78. The van der Waals surface area contributed by atoms with Crippen LogP contribution in [0.3, 0.4) is 0 Å². The van der Waals surface area contributed by atoms with E-state index in [0.29, 0.717) is 0 Å². The first-order valence-electron chi connectivity index (χ1n) is 3.13. The molecule has 0 aliphatic rings. The fourth-order valence-corrected chi connectivity index (χ4v) is 0.774. The summed E-state index contributed by atoms with van der Waals surface area (Å²) >= 11 is 2.51. The van der Waals surface area contributed by atoms with E-state index < -0.39 is 23.0 Å². The van der Waals surface area contributed by atoms with Gasteiger partial charge in [-0.25, -0.2) is 8.78 Å². The van der Waals surface area contributed by atoms with Gasteiger partial charge in [0.15, 0.2) is 4.83 Å². The number of carbonyl (C=O) groups excluding carboxylic acids is 2. The maximum Gasteiger partial charge on any atom is 0.327 e. The van der Waals surface area contributed by atoms with E-state index in [9.17, 15) is 18.4 Å². The Hall–Kier alpha value is -0.520. The lowest BCUT2D eigenvalue weighted by Crippen LogP contribution is -2.30. The largest absolute Gasteiger partial charge is 0.465 e. The highest BCUT2D eigenvalue weighted by atomic mass is 79.9. The highest BCUT2D eigenvalue weighted by Gasteiger charge is 2.31. The summed E-state index contributed by atoms with van der Waals surface area (Å²) in [5, 5.41) is 0. The van der Waals surface area contributed by atoms with Crippen molar-refractivity contribution < 1.29 is 23.1 Å². The van der Waals surface area contributed by atoms with Gasteiger partial charge in [-0.2, -0.15) is 0 Å². The maximum atomic E-state index is 11.7. The van der Waals surface area contributed by atoms with Crippen molar-refractivity contribution in [1.82, 2.24) is 0 Å². The third-order valence-electron chi connectivity index (χ3n) is 0.958. The average Bonchev–Trinajstić information content (AvgIpc) is 2.02. The van der Waals surface area contributed by atoms with Crippen LogP contribution in [0, 0.1) is 0 Å². The molecule has 0 aromatic heterocycles. The standard InChI is InChI=1S/C6H7BrF2O3/c1-2-12-6(11)3(7)4(10)5(8)9/h3,5H,2H2,1H3. The first kappa shape index (κ1) is 11.5. The minimum Gasteiger partial charge on any atom is -0.465 e. The molecule has 6 heteroatoms. The molecule has 0 spiro atoms. The molecular weight excluding hydrogens is 238 g/mol. The monoisotopic (exact) mass is 244 g/mol. The zero-order valence-electron chi connectivity index (χ0n) is 6.22. The molecule has 12 heavy (non-hydrogen) atoms. The Bertz CT molecular complexity index is 184. The summed E-state index contributed by atoms with van der Waals surface area (Å²) in [4.78, 5) is 19.6. The fourth-order valence-electron chi connectivity index (χ4n) is 0.442. The second kappa shape index (κ2) is 5.18. The van der Waals surface area contributed by atoms with Crippen LogP contribution in [0.25, 0.3) is 0 Å². The number of ether oxygens (including phenoxy) is 1. The van der Waals surface area contributed by atoms with E-state index >= 15 is 0 Å². The van der Waals surface area contributed by atoms with Crippen molar-refractivity contribution in [3.05, 3.63) is 0 Å². The number of halogens is 3. The van der Waals surface area contributed by atoms with Crippen LogP contribution in [0.1, 0.15) is 6.92 Å². The fraction of sp³-hybridized carbons (Fsp3) is 0.667. The summed E-state index contributed by atoms with van der Waals surface area (Å²) in [6, 6.07) is 0. The van der Waals surface area contributed by atoms with Crippen LogP contribution in [0.4, 0.5) is 8.78 Å². The van der Waals surface area contributed by atoms with Crippen LogP contribution < -0.4 is 0 Å². The van der Waals surface area contributed by atoms with Crippen LogP contribution in [-0.2, 0) is 14.3 Å². The lowest BCUT2D eigenvalue weighted by atomic mass is 10.3. The van der Waals surface area contributed by atoms with Gasteiger partial charge >= 0.3 is 5.97 Å². The Kier molecular flexibility index (Phi) is 4.96. The van der Waals surface area contributed by atoms with E-state index in [1.165, 1.54) is 6.92 Å². The van der Waals surface area contributed by atoms with Crippen molar-refractivity contribution in [1.29, 1.82) is 0 Å². The smallest absolute Gasteiger partial charge is 0.327 e. The molecule has 0 aromatic rings. The molecule has 0 aromatic carbocycles. The summed E-state index contributed by atoms with van der Waals surface area (Å²) in [5.41, 5.74) is 0. The topological polar surface area (TPSA) is 43.4 Å². The molecule has 3 nitrogen and oxygen atoms in total. The minimum absolute atomic E-state index is 0.0530. The van der Waals surface area contributed by atoms with E-state index in [1.807, 2.05) is 0 Å². The first-order chi connectivity index (χ1) is 5.50. The zero-order chi connectivity index (χ0) is 9.72. The van der Waals surface area contributed by atoms with Crippen LogP contribution in [0.2, 0.25) is 0 Å². The van der Waals surface area contributed by atoms with E-state index in [0.717, 1.165) is 0 Å². The Morgan fingerprint density at radius 2 is 2.00 bits per heavy atom. The van der Waals surface area contributed by atoms with Crippen molar-refractivity contribution in [2.45, 2.75) is 18.2 Å². The second-order valence-corrected chi connectivity index (χ2v) is 2.73. The van der Waals surface area contributed by atoms with Gasteiger partial charge in [-0.15, -0.1) is 0 Å². The van der Waals surface area contributed by atoms with Crippen LogP contribution in [0.15, 0.2) is 0 Å². The number of carbonyl (C=O) groups is 2. The van der Waals surface area contributed by atoms with E-state index in [2.05, 4.69) is 20.7 Å². The number of alkyl halides is 3. The van der Waals surface area contributed by atoms with Gasteiger partial charge in [0, 0.05) is 0 Å². The van der Waals surface area contributed by atoms with Crippen molar-refractivity contribution in [2.75, 3.05) is 6.61 Å². The van der Waals surface area contributed by atoms with Gasteiger partial charge in [-0.3, -0.25) is 9.59 Å². The molecule has 0 radical (unpaired) electrons. The van der Waals surface area contributed by atoms with Gasteiger partial charge in [0.25, 0.3) is 6.43 Å². The van der Waals surface area contributed by atoms with Crippen molar-refractivity contribution in [2.24, 2.45) is 0 Å². The third kappa shape index (κ3) is 3.25. The first-order valence-corrected chi connectivity index (χ1v) is 4.04. The van der Waals surface area contributed by atoms with Crippen molar-refractivity contribution in [3.8, 4) is 0 Å². The lowest BCUT2D eigenvalue weighted by Gasteiger charge is -2.06. The highest BCUT2D eigenvalue weighted by Crippen LogP contribution is 2.09. The molecule has 0 fully saturated rings. The van der Waals surface area contributed by atoms with E-state index in [-0.39, 0.29) is 6.61 Å². The Labute approximate surface area is 76.2 Å². The molecule has 0 rings (SSSR count).